The van der Waals surface area contributed by atoms with Crippen LogP contribution in [-0.4, -0.2) is 27.7 Å². The van der Waals surface area contributed by atoms with Gasteiger partial charge < -0.3 is 4.74 Å². The van der Waals surface area contributed by atoms with Crippen molar-refractivity contribution in [3.63, 3.8) is 0 Å². The first kappa shape index (κ1) is 14.0. The van der Waals surface area contributed by atoms with Crippen LogP contribution in [0.5, 0.6) is 0 Å². The lowest BCUT2D eigenvalue weighted by Crippen LogP contribution is -2.44. The Morgan fingerprint density at radius 2 is 2.22 bits per heavy atom. The summed E-state index contributed by atoms with van der Waals surface area (Å²) in [4.78, 5) is 0.288. The third-order valence-corrected chi connectivity index (χ3v) is 5.03. The molecule has 1 fully saturated rings. The lowest BCUT2D eigenvalue weighted by Gasteiger charge is -2.29. The van der Waals surface area contributed by atoms with Gasteiger partial charge in [0.15, 0.2) is 0 Å². The van der Waals surface area contributed by atoms with E-state index in [0.29, 0.717) is 19.6 Å². The summed E-state index contributed by atoms with van der Waals surface area (Å²) in [5.74, 6) is 0.195. The molecule has 0 saturated carbocycles. The van der Waals surface area contributed by atoms with Gasteiger partial charge in [-0.2, -0.15) is 0 Å². The molecule has 1 aromatic rings. The molecule has 1 heterocycles. The minimum absolute atomic E-state index is 0.0530. The van der Waals surface area contributed by atoms with Crippen molar-refractivity contribution in [1.29, 1.82) is 0 Å². The van der Waals surface area contributed by atoms with Crippen LogP contribution >= 0.6 is 15.9 Å². The maximum atomic E-state index is 12.2. The molecule has 2 unspecified atom stereocenters. The Hall–Kier alpha value is -0.430. The number of rotatable bonds is 3. The lowest BCUT2D eigenvalue weighted by molar-refractivity contribution is 0.0450. The summed E-state index contributed by atoms with van der Waals surface area (Å²) < 4.78 is 33.3. The average molecular weight is 334 g/mol. The fourth-order valence-corrected chi connectivity index (χ4v) is 3.93. The van der Waals surface area contributed by atoms with Crippen LogP contribution in [-0.2, 0) is 14.8 Å². The van der Waals surface area contributed by atoms with Crippen LogP contribution in [0.2, 0.25) is 0 Å². The first-order valence-corrected chi connectivity index (χ1v) is 8.12. The third kappa shape index (κ3) is 3.32. The normalized spacial score (nSPS) is 25.0. The van der Waals surface area contributed by atoms with E-state index >= 15 is 0 Å². The van der Waals surface area contributed by atoms with E-state index < -0.39 is 10.0 Å². The largest absolute Gasteiger partial charge is 0.381 e. The lowest BCUT2D eigenvalue weighted by atomic mass is 9.99. The fraction of sp³-hybridized carbons (Fsp3) is 0.500. The van der Waals surface area contributed by atoms with Gasteiger partial charge in [0.1, 0.15) is 0 Å². The van der Waals surface area contributed by atoms with E-state index in [1.165, 1.54) is 0 Å². The molecular formula is C12H16BrNO3S. The predicted molar refractivity (Wildman–Crippen MR) is 72.9 cm³/mol. The van der Waals surface area contributed by atoms with Crippen LogP contribution in [0.4, 0.5) is 0 Å². The number of hydrogen-bond acceptors (Lipinski definition) is 3. The Morgan fingerprint density at radius 3 is 2.89 bits per heavy atom. The maximum absolute atomic E-state index is 12.2. The summed E-state index contributed by atoms with van der Waals surface area (Å²) in [6.07, 6.45) is 0.717. The summed E-state index contributed by atoms with van der Waals surface area (Å²) in [5.41, 5.74) is 0. The number of halogens is 1. The highest BCUT2D eigenvalue weighted by atomic mass is 79.9. The minimum atomic E-state index is -3.45. The van der Waals surface area contributed by atoms with Gasteiger partial charge in [0.25, 0.3) is 0 Å². The van der Waals surface area contributed by atoms with Gasteiger partial charge in [-0.1, -0.05) is 28.9 Å². The molecule has 0 aliphatic carbocycles. The number of sulfonamides is 1. The Morgan fingerprint density at radius 1 is 1.44 bits per heavy atom. The van der Waals surface area contributed by atoms with Crippen molar-refractivity contribution in [1.82, 2.24) is 4.72 Å². The number of ether oxygens (including phenoxy) is 1. The molecule has 1 N–H and O–H groups in total. The Kier molecular flexibility index (Phi) is 4.42. The topological polar surface area (TPSA) is 55.4 Å². The van der Waals surface area contributed by atoms with Gasteiger partial charge in [-0.15, -0.1) is 0 Å². The zero-order valence-electron chi connectivity index (χ0n) is 10.1. The van der Waals surface area contributed by atoms with Crippen LogP contribution in [0, 0.1) is 5.92 Å². The first-order chi connectivity index (χ1) is 8.49. The molecule has 4 nitrogen and oxygen atoms in total. The van der Waals surface area contributed by atoms with Gasteiger partial charge in [0, 0.05) is 17.1 Å². The van der Waals surface area contributed by atoms with E-state index in [0.717, 1.165) is 4.47 Å². The van der Waals surface area contributed by atoms with Crippen LogP contribution in [0.15, 0.2) is 33.6 Å². The van der Waals surface area contributed by atoms with Gasteiger partial charge in [-0.3, -0.25) is 0 Å². The van der Waals surface area contributed by atoms with Crippen molar-refractivity contribution in [3.05, 3.63) is 28.7 Å². The summed E-state index contributed by atoms with van der Waals surface area (Å²) in [6, 6.07) is 6.66. The van der Waals surface area contributed by atoms with Crippen molar-refractivity contribution in [2.75, 3.05) is 13.2 Å². The third-order valence-electron chi connectivity index (χ3n) is 3.05. The first-order valence-electron chi connectivity index (χ1n) is 5.85. The van der Waals surface area contributed by atoms with Gasteiger partial charge in [0.05, 0.1) is 11.5 Å². The molecule has 1 aliphatic heterocycles. The monoisotopic (exact) mass is 333 g/mol. The summed E-state index contributed by atoms with van der Waals surface area (Å²) in [5, 5.41) is 0. The molecule has 0 amide bonds. The van der Waals surface area contributed by atoms with Crippen molar-refractivity contribution >= 4 is 26.0 Å². The molecule has 18 heavy (non-hydrogen) atoms. The molecule has 1 saturated heterocycles. The molecule has 1 aromatic carbocycles. The van der Waals surface area contributed by atoms with E-state index in [1.54, 1.807) is 24.3 Å². The standard InChI is InChI=1S/C12H16BrNO3S/c1-9-8-17-6-5-12(9)14-18(15,16)11-4-2-3-10(13)7-11/h2-4,7,9,12,14H,5-6,8H2,1H3. The fourth-order valence-electron chi connectivity index (χ4n) is 1.96. The molecule has 0 aromatic heterocycles. The minimum Gasteiger partial charge on any atom is -0.381 e. The van der Waals surface area contributed by atoms with Crippen LogP contribution < -0.4 is 4.72 Å². The van der Waals surface area contributed by atoms with E-state index in [9.17, 15) is 8.42 Å². The molecule has 0 bridgehead atoms. The number of nitrogens with one attached hydrogen (secondary N) is 1. The van der Waals surface area contributed by atoms with E-state index in [1.807, 2.05) is 6.92 Å². The summed E-state index contributed by atoms with van der Waals surface area (Å²) in [6.45, 7) is 3.20. The number of benzene rings is 1. The molecule has 0 radical (unpaired) electrons. The van der Waals surface area contributed by atoms with Gasteiger partial charge >= 0.3 is 0 Å². The highest BCUT2D eigenvalue weighted by Crippen LogP contribution is 2.19. The molecular weight excluding hydrogens is 318 g/mol. The van der Waals surface area contributed by atoms with Crippen molar-refractivity contribution in [2.45, 2.75) is 24.3 Å². The van der Waals surface area contributed by atoms with Crippen LogP contribution in [0.1, 0.15) is 13.3 Å². The highest BCUT2D eigenvalue weighted by molar-refractivity contribution is 9.10. The number of hydrogen-bond donors (Lipinski definition) is 1. The molecule has 2 atom stereocenters. The molecule has 0 spiro atoms. The quantitative estimate of drug-likeness (QED) is 0.922. The van der Waals surface area contributed by atoms with E-state index in [2.05, 4.69) is 20.7 Å². The second kappa shape index (κ2) is 5.69. The van der Waals surface area contributed by atoms with Crippen LogP contribution in [0.25, 0.3) is 0 Å². The second-order valence-electron chi connectivity index (χ2n) is 4.53. The Balaban J connectivity index is 2.16. The Bertz CT molecular complexity index is 518. The maximum Gasteiger partial charge on any atom is 0.240 e. The summed E-state index contributed by atoms with van der Waals surface area (Å²) in [7, 11) is -3.45. The van der Waals surface area contributed by atoms with Gasteiger partial charge in [-0.25, -0.2) is 13.1 Å². The second-order valence-corrected chi connectivity index (χ2v) is 7.16. The van der Waals surface area contributed by atoms with E-state index in [-0.39, 0.29) is 16.9 Å². The van der Waals surface area contributed by atoms with Gasteiger partial charge in [0.2, 0.25) is 10.0 Å². The van der Waals surface area contributed by atoms with Crippen molar-refractivity contribution in [3.8, 4) is 0 Å². The average Bonchev–Trinajstić information content (AvgIpc) is 2.32. The van der Waals surface area contributed by atoms with E-state index in [4.69, 9.17) is 4.74 Å². The van der Waals surface area contributed by atoms with Gasteiger partial charge in [-0.05, 0) is 30.5 Å². The molecule has 6 heteroatoms. The van der Waals surface area contributed by atoms with Crippen molar-refractivity contribution < 1.29 is 13.2 Å². The molecule has 100 valence electrons. The molecule has 2 rings (SSSR count). The SMILES string of the molecule is CC1COCCC1NS(=O)(=O)c1cccc(Br)c1. The van der Waals surface area contributed by atoms with Crippen molar-refractivity contribution in [2.24, 2.45) is 5.92 Å². The summed E-state index contributed by atoms with van der Waals surface area (Å²) >= 11 is 3.28. The zero-order chi connectivity index (χ0) is 13.2. The Labute approximate surface area is 116 Å². The highest BCUT2D eigenvalue weighted by Gasteiger charge is 2.27. The molecule has 1 aliphatic rings. The van der Waals surface area contributed by atoms with Crippen LogP contribution in [0.3, 0.4) is 0 Å². The zero-order valence-corrected chi connectivity index (χ0v) is 12.5. The smallest absolute Gasteiger partial charge is 0.240 e. The predicted octanol–water partition coefficient (Wildman–Crippen LogP) is 2.15.